The van der Waals surface area contributed by atoms with E-state index < -0.39 is 35.6 Å². The highest BCUT2D eigenvalue weighted by Crippen LogP contribution is 2.35. The summed E-state index contributed by atoms with van der Waals surface area (Å²) < 4.78 is 4.88. The number of aromatic hydroxyl groups is 4. The van der Waals surface area contributed by atoms with Gasteiger partial charge in [-0.15, -0.1) is 0 Å². The second-order valence-electron chi connectivity index (χ2n) is 4.93. The molecule has 0 fully saturated rings. The molecular weight excluding hydrogens is 304 g/mol. The van der Waals surface area contributed by atoms with E-state index >= 15 is 0 Å². The Balaban J connectivity index is 2.22. The van der Waals surface area contributed by atoms with Gasteiger partial charge in [0, 0.05) is 18.6 Å². The molecule has 7 nitrogen and oxygen atoms in total. The summed E-state index contributed by atoms with van der Waals surface area (Å²) >= 11 is 0. The summed E-state index contributed by atoms with van der Waals surface area (Å²) in [6.07, 6.45) is -1.69. The van der Waals surface area contributed by atoms with Gasteiger partial charge in [-0.1, -0.05) is 6.07 Å². The van der Waals surface area contributed by atoms with E-state index in [1.54, 1.807) is 0 Å². The first-order chi connectivity index (χ1) is 10.8. The predicted octanol–water partition coefficient (Wildman–Crippen LogP) is 1.82. The third-order valence-electron chi connectivity index (χ3n) is 3.33. The largest absolute Gasteiger partial charge is 0.508 e. The molecule has 2 rings (SSSR count). The van der Waals surface area contributed by atoms with Crippen molar-refractivity contribution in [3.05, 3.63) is 41.5 Å². The fourth-order valence-electron chi connectivity index (χ4n) is 2.19. The number of phenolic OH excluding ortho intramolecular Hbond substituents is 4. The van der Waals surface area contributed by atoms with Gasteiger partial charge in [0.25, 0.3) is 0 Å². The van der Waals surface area contributed by atoms with Crippen LogP contribution in [0.2, 0.25) is 0 Å². The third-order valence-corrected chi connectivity index (χ3v) is 3.33. The molecule has 0 radical (unpaired) electrons. The summed E-state index contributed by atoms with van der Waals surface area (Å²) in [5.41, 5.74) is -0.117. The van der Waals surface area contributed by atoms with E-state index in [0.717, 1.165) is 12.1 Å². The van der Waals surface area contributed by atoms with Crippen molar-refractivity contribution in [2.24, 2.45) is 0 Å². The second-order valence-corrected chi connectivity index (χ2v) is 4.93. The van der Waals surface area contributed by atoms with Gasteiger partial charge in [-0.3, -0.25) is 4.79 Å². The van der Waals surface area contributed by atoms with Crippen LogP contribution < -0.4 is 4.74 Å². The number of benzene rings is 2. The maximum Gasteiger partial charge on any atom is 0.173 e. The van der Waals surface area contributed by atoms with Crippen LogP contribution in [0.1, 0.15) is 28.4 Å². The average molecular weight is 320 g/mol. The lowest BCUT2D eigenvalue weighted by Crippen LogP contribution is -2.08. The van der Waals surface area contributed by atoms with E-state index in [9.17, 15) is 30.3 Å². The zero-order chi connectivity index (χ0) is 17.1. The van der Waals surface area contributed by atoms with Crippen LogP contribution in [0.25, 0.3) is 0 Å². The normalized spacial score (nSPS) is 11.9. The van der Waals surface area contributed by atoms with Gasteiger partial charge in [-0.25, -0.2) is 0 Å². The van der Waals surface area contributed by atoms with Crippen LogP contribution in [-0.2, 0) is 0 Å². The lowest BCUT2D eigenvalue weighted by molar-refractivity contribution is 0.0874. The summed E-state index contributed by atoms with van der Waals surface area (Å²) in [6.45, 7) is 0. The quantitative estimate of drug-likeness (QED) is 0.532. The molecule has 0 aromatic heterocycles. The second kappa shape index (κ2) is 6.45. The van der Waals surface area contributed by atoms with Gasteiger partial charge in [0.15, 0.2) is 17.3 Å². The maximum atomic E-state index is 12.1. The van der Waals surface area contributed by atoms with E-state index in [0.29, 0.717) is 0 Å². The molecule has 0 heterocycles. The lowest BCUT2D eigenvalue weighted by Gasteiger charge is -2.13. The minimum atomic E-state index is -1.26. The number of methoxy groups -OCH3 is 1. The van der Waals surface area contributed by atoms with Crippen molar-refractivity contribution < 1.29 is 35.1 Å². The average Bonchev–Trinajstić information content (AvgIpc) is 2.45. The van der Waals surface area contributed by atoms with Gasteiger partial charge in [-0.2, -0.15) is 0 Å². The van der Waals surface area contributed by atoms with E-state index in [1.807, 2.05) is 0 Å². The summed E-state index contributed by atoms with van der Waals surface area (Å²) in [4.78, 5) is 12.1. The highest BCUT2D eigenvalue weighted by Gasteiger charge is 2.22. The summed E-state index contributed by atoms with van der Waals surface area (Å²) in [5.74, 6) is -2.25. The number of carbonyl (C=O) groups excluding carboxylic acids is 1. The summed E-state index contributed by atoms with van der Waals surface area (Å²) in [5, 5.41) is 48.3. The molecule has 23 heavy (non-hydrogen) atoms. The topological polar surface area (TPSA) is 127 Å². The molecule has 0 bridgehead atoms. The Morgan fingerprint density at radius 2 is 1.65 bits per heavy atom. The molecule has 5 N–H and O–H groups in total. The van der Waals surface area contributed by atoms with Gasteiger partial charge in [-0.05, 0) is 17.7 Å². The van der Waals surface area contributed by atoms with Gasteiger partial charge in [0.05, 0.1) is 13.2 Å². The standard InChI is InChI=1S/C16H16O7/c1-23-15-3-2-8(4-11(15)19)10(18)7-14(22)16-12(20)5-9(17)6-13(16)21/h2-6,10,17-21H,7H2,1H3. The van der Waals surface area contributed by atoms with Crippen LogP contribution in [0.15, 0.2) is 30.3 Å². The number of ketones is 1. The Bertz CT molecular complexity index is 716. The van der Waals surface area contributed by atoms with Gasteiger partial charge in [0.1, 0.15) is 22.8 Å². The number of phenols is 4. The first kappa shape index (κ1) is 16.4. The third kappa shape index (κ3) is 3.46. The number of Topliss-reactive ketones (excluding diaryl/α,β-unsaturated/α-hetero) is 1. The van der Waals surface area contributed by atoms with E-state index in [-0.39, 0.29) is 22.6 Å². The Labute approximate surface area is 131 Å². The SMILES string of the molecule is COc1ccc(C(O)CC(=O)c2c(O)cc(O)cc2O)cc1O. The van der Waals surface area contributed by atoms with Crippen LogP contribution in [0.3, 0.4) is 0 Å². The first-order valence-electron chi connectivity index (χ1n) is 6.66. The molecular formula is C16H16O7. The molecule has 0 saturated heterocycles. The Morgan fingerprint density at radius 3 is 2.17 bits per heavy atom. The number of ether oxygens (including phenoxy) is 1. The van der Waals surface area contributed by atoms with E-state index in [4.69, 9.17) is 4.74 Å². The Hall–Kier alpha value is -2.93. The molecule has 2 aromatic rings. The van der Waals surface area contributed by atoms with E-state index in [1.165, 1.54) is 25.3 Å². The molecule has 0 spiro atoms. The minimum Gasteiger partial charge on any atom is -0.508 e. The zero-order valence-electron chi connectivity index (χ0n) is 12.2. The predicted molar refractivity (Wildman–Crippen MR) is 80.0 cm³/mol. The van der Waals surface area contributed by atoms with Crippen molar-refractivity contribution in [1.82, 2.24) is 0 Å². The molecule has 0 aliphatic carbocycles. The van der Waals surface area contributed by atoms with Crippen LogP contribution in [-0.4, -0.2) is 38.4 Å². The zero-order valence-corrected chi connectivity index (χ0v) is 12.2. The van der Waals surface area contributed by atoms with Gasteiger partial charge < -0.3 is 30.3 Å². The molecule has 2 aromatic carbocycles. The summed E-state index contributed by atoms with van der Waals surface area (Å²) in [6, 6.07) is 6.01. The van der Waals surface area contributed by atoms with Crippen molar-refractivity contribution in [2.45, 2.75) is 12.5 Å². The number of aliphatic hydroxyl groups is 1. The monoisotopic (exact) mass is 320 g/mol. The lowest BCUT2D eigenvalue weighted by atomic mass is 9.98. The molecule has 1 unspecified atom stereocenters. The summed E-state index contributed by atoms with van der Waals surface area (Å²) in [7, 11) is 1.38. The van der Waals surface area contributed by atoms with Gasteiger partial charge >= 0.3 is 0 Å². The van der Waals surface area contributed by atoms with Crippen molar-refractivity contribution in [3.63, 3.8) is 0 Å². The van der Waals surface area contributed by atoms with Gasteiger partial charge in [0.2, 0.25) is 0 Å². The molecule has 122 valence electrons. The fraction of sp³-hybridized carbons (Fsp3) is 0.188. The highest BCUT2D eigenvalue weighted by atomic mass is 16.5. The van der Waals surface area contributed by atoms with Crippen molar-refractivity contribution in [2.75, 3.05) is 7.11 Å². The number of aliphatic hydroxyl groups excluding tert-OH is 1. The number of rotatable bonds is 5. The number of hydrogen-bond donors (Lipinski definition) is 5. The Kier molecular flexibility index (Phi) is 4.61. The van der Waals surface area contributed by atoms with Crippen LogP contribution in [0.4, 0.5) is 0 Å². The highest BCUT2D eigenvalue weighted by molar-refractivity contribution is 6.01. The molecule has 0 aliphatic heterocycles. The first-order valence-corrected chi connectivity index (χ1v) is 6.66. The Morgan fingerprint density at radius 1 is 1.04 bits per heavy atom. The molecule has 0 saturated carbocycles. The minimum absolute atomic E-state index is 0.188. The van der Waals surface area contributed by atoms with Crippen LogP contribution >= 0.6 is 0 Å². The van der Waals surface area contributed by atoms with Crippen molar-refractivity contribution in [3.8, 4) is 28.7 Å². The van der Waals surface area contributed by atoms with Crippen LogP contribution in [0.5, 0.6) is 28.7 Å². The van der Waals surface area contributed by atoms with E-state index in [2.05, 4.69) is 0 Å². The van der Waals surface area contributed by atoms with Crippen molar-refractivity contribution >= 4 is 5.78 Å². The molecule has 0 aliphatic rings. The number of carbonyl (C=O) groups is 1. The number of hydrogen-bond acceptors (Lipinski definition) is 7. The smallest absolute Gasteiger partial charge is 0.173 e. The molecule has 1 atom stereocenters. The molecule has 7 heteroatoms. The fourth-order valence-corrected chi connectivity index (χ4v) is 2.19. The van der Waals surface area contributed by atoms with Crippen molar-refractivity contribution in [1.29, 1.82) is 0 Å². The van der Waals surface area contributed by atoms with Crippen LogP contribution in [0, 0.1) is 0 Å². The molecule has 0 amide bonds. The maximum absolute atomic E-state index is 12.1.